The summed E-state index contributed by atoms with van der Waals surface area (Å²) in [6, 6.07) is 6.11. The fourth-order valence-corrected chi connectivity index (χ4v) is 5.61. The predicted octanol–water partition coefficient (Wildman–Crippen LogP) is 1.20. The number of nitrogens with zero attached hydrogens (tertiary/aromatic N) is 2. The van der Waals surface area contributed by atoms with Gasteiger partial charge in [-0.25, -0.2) is 0 Å². The molecule has 3 aliphatic rings. The Bertz CT molecular complexity index is 928. The van der Waals surface area contributed by atoms with E-state index in [1.54, 1.807) is 7.11 Å². The largest absolute Gasteiger partial charge is 0.388 e. The molecule has 3 saturated heterocycles. The maximum Gasteiger partial charge on any atom is 0.251 e. The number of Topliss-reactive ketones (excluding diaryl/α,β-unsaturated/α-hetero) is 1. The van der Waals surface area contributed by atoms with Gasteiger partial charge in [0.1, 0.15) is 30.9 Å². The van der Waals surface area contributed by atoms with Crippen LogP contribution in [0.1, 0.15) is 54.9 Å². The number of aliphatic hydroxyl groups excluding tert-OH is 1. The molecule has 0 aliphatic carbocycles. The zero-order valence-electron chi connectivity index (χ0n) is 21.5. The lowest BCUT2D eigenvalue weighted by molar-refractivity contribution is -0.138. The Morgan fingerprint density at radius 3 is 2.53 bits per heavy atom. The molecule has 1 aromatic carbocycles. The number of aliphatic hydroxyl groups is 1. The summed E-state index contributed by atoms with van der Waals surface area (Å²) in [4.78, 5) is 42.6. The number of fused-ring (bicyclic) bond motifs is 1. The lowest BCUT2D eigenvalue weighted by Crippen LogP contribution is -2.52. The second kappa shape index (κ2) is 11.8. The topological polar surface area (TPSA) is 108 Å². The van der Waals surface area contributed by atoms with Gasteiger partial charge in [0.2, 0.25) is 5.91 Å². The molecule has 198 valence electrons. The first-order chi connectivity index (χ1) is 17.3. The molecule has 4 atom stereocenters. The number of carbonyl (C=O) groups excluding carboxylic acids is 3. The predicted molar refractivity (Wildman–Crippen MR) is 134 cm³/mol. The summed E-state index contributed by atoms with van der Waals surface area (Å²) in [5.41, 5.74) is 1.72. The molecule has 1 aromatic rings. The van der Waals surface area contributed by atoms with E-state index in [9.17, 15) is 19.5 Å². The van der Waals surface area contributed by atoms with E-state index in [1.807, 2.05) is 38.1 Å². The van der Waals surface area contributed by atoms with Crippen molar-refractivity contribution < 1.29 is 29.0 Å². The van der Waals surface area contributed by atoms with Crippen LogP contribution < -0.4 is 5.32 Å². The summed E-state index contributed by atoms with van der Waals surface area (Å²) in [7, 11) is 1.73. The lowest BCUT2D eigenvalue weighted by atomic mass is 9.89. The molecule has 0 spiro atoms. The van der Waals surface area contributed by atoms with Gasteiger partial charge in [-0.3, -0.25) is 14.4 Å². The van der Waals surface area contributed by atoms with Gasteiger partial charge in [0, 0.05) is 19.2 Å². The van der Waals surface area contributed by atoms with Crippen LogP contribution >= 0.6 is 0 Å². The van der Waals surface area contributed by atoms with E-state index in [-0.39, 0.29) is 36.7 Å². The maximum absolute atomic E-state index is 13.4. The lowest BCUT2D eigenvalue weighted by Gasteiger charge is -2.32. The Morgan fingerprint density at radius 2 is 1.89 bits per heavy atom. The van der Waals surface area contributed by atoms with Crippen molar-refractivity contribution in [3.63, 3.8) is 0 Å². The van der Waals surface area contributed by atoms with Crippen molar-refractivity contribution in [2.24, 2.45) is 5.92 Å². The first-order valence-electron chi connectivity index (χ1n) is 13.0. The molecule has 9 heteroatoms. The molecule has 3 aliphatic heterocycles. The number of rotatable bonds is 9. The normalized spacial score (nSPS) is 25.9. The van der Waals surface area contributed by atoms with Crippen LogP contribution in [0, 0.1) is 5.92 Å². The first kappa shape index (κ1) is 26.7. The average Bonchev–Trinajstić information content (AvgIpc) is 3.42. The summed E-state index contributed by atoms with van der Waals surface area (Å²) < 4.78 is 10.6. The van der Waals surface area contributed by atoms with E-state index in [0.29, 0.717) is 17.9 Å². The van der Waals surface area contributed by atoms with Crippen molar-refractivity contribution in [3.05, 3.63) is 35.4 Å². The van der Waals surface area contributed by atoms with Crippen molar-refractivity contribution in [1.82, 2.24) is 15.1 Å². The van der Waals surface area contributed by atoms with Gasteiger partial charge in [0.15, 0.2) is 5.78 Å². The van der Waals surface area contributed by atoms with Crippen molar-refractivity contribution in [2.75, 3.05) is 46.5 Å². The number of ketones is 1. The number of hydrogen-bond acceptors (Lipinski definition) is 7. The highest BCUT2D eigenvalue weighted by Gasteiger charge is 2.52. The minimum Gasteiger partial charge on any atom is -0.388 e. The number of ether oxygens (including phenoxy) is 2. The molecular weight excluding hydrogens is 462 g/mol. The van der Waals surface area contributed by atoms with E-state index >= 15 is 0 Å². The van der Waals surface area contributed by atoms with Gasteiger partial charge in [-0.15, -0.1) is 0 Å². The molecule has 3 fully saturated rings. The third-order valence-electron chi connectivity index (χ3n) is 7.59. The first-order valence-corrected chi connectivity index (χ1v) is 13.0. The number of benzene rings is 1. The number of carbonyl (C=O) groups is 3. The molecule has 36 heavy (non-hydrogen) atoms. The van der Waals surface area contributed by atoms with Crippen molar-refractivity contribution in [1.29, 1.82) is 0 Å². The van der Waals surface area contributed by atoms with Gasteiger partial charge in [0.05, 0.1) is 13.2 Å². The number of nitrogens with one attached hydrogen (secondary N) is 1. The minimum absolute atomic E-state index is 0.0311. The number of methoxy groups -OCH3 is 1. The zero-order chi connectivity index (χ0) is 25.8. The van der Waals surface area contributed by atoms with Crippen LogP contribution in [0.2, 0.25) is 0 Å². The number of amides is 2. The highest BCUT2D eigenvalue weighted by Crippen LogP contribution is 2.30. The molecular formula is C27H39N3O6. The summed E-state index contributed by atoms with van der Waals surface area (Å²) in [6.07, 6.45) is 0.999. The Labute approximate surface area is 213 Å². The Morgan fingerprint density at radius 1 is 1.19 bits per heavy atom. The number of hydrogen-bond donors (Lipinski definition) is 2. The van der Waals surface area contributed by atoms with Crippen molar-refractivity contribution in [2.45, 2.75) is 63.3 Å². The number of piperidine rings is 1. The quantitative estimate of drug-likeness (QED) is 0.523. The van der Waals surface area contributed by atoms with Crippen molar-refractivity contribution in [3.8, 4) is 0 Å². The molecule has 0 bridgehead atoms. The van der Waals surface area contributed by atoms with Gasteiger partial charge in [0.25, 0.3) is 5.91 Å². The molecule has 2 N–H and O–H groups in total. The SMILES string of the molecule is COCCN1CCC(c2ccc(C(=O)NC(CC(C)C)C(=O)N3C[C@@H](O)[C@H]4OCC(=O)[C@H]43)cc2)CC1. The molecule has 9 nitrogen and oxygen atoms in total. The fraction of sp³-hybridized carbons (Fsp3) is 0.667. The van der Waals surface area contributed by atoms with E-state index < -0.39 is 24.3 Å². The van der Waals surface area contributed by atoms with Gasteiger partial charge in [-0.1, -0.05) is 26.0 Å². The highest BCUT2D eigenvalue weighted by atomic mass is 16.5. The van der Waals surface area contributed by atoms with Crippen LogP contribution in [0.4, 0.5) is 0 Å². The third-order valence-corrected chi connectivity index (χ3v) is 7.59. The van der Waals surface area contributed by atoms with Crippen LogP contribution in [-0.2, 0) is 19.1 Å². The molecule has 0 saturated carbocycles. The van der Waals surface area contributed by atoms with E-state index in [4.69, 9.17) is 9.47 Å². The second-order valence-corrected chi connectivity index (χ2v) is 10.6. The summed E-state index contributed by atoms with van der Waals surface area (Å²) in [5, 5.41) is 13.2. The van der Waals surface area contributed by atoms with E-state index in [2.05, 4.69) is 10.2 Å². The third kappa shape index (κ3) is 5.96. The highest BCUT2D eigenvalue weighted by molar-refractivity contribution is 5.99. The molecule has 0 aromatic heterocycles. The van der Waals surface area contributed by atoms with Crippen LogP contribution in [0.15, 0.2) is 24.3 Å². The fourth-order valence-electron chi connectivity index (χ4n) is 5.61. The van der Waals surface area contributed by atoms with Gasteiger partial charge >= 0.3 is 0 Å². The minimum atomic E-state index is -0.903. The van der Waals surface area contributed by atoms with Gasteiger partial charge < -0.3 is 29.7 Å². The van der Waals surface area contributed by atoms with Gasteiger partial charge in [-0.2, -0.15) is 0 Å². The number of β-amino-alcohol motifs (C(OH)–C–C–N with tert-alkyl or cyclic N) is 1. The summed E-state index contributed by atoms with van der Waals surface area (Å²) in [6.45, 7) is 7.67. The molecule has 1 unspecified atom stereocenters. The monoisotopic (exact) mass is 501 g/mol. The molecule has 4 rings (SSSR count). The molecule has 2 amide bonds. The molecule has 3 heterocycles. The van der Waals surface area contributed by atoms with E-state index in [1.165, 1.54) is 10.5 Å². The summed E-state index contributed by atoms with van der Waals surface area (Å²) in [5.74, 6) is -0.258. The van der Waals surface area contributed by atoms with Crippen LogP contribution in [0.3, 0.4) is 0 Å². The van der Waals surface area contributed by atoms with Crippen LogP contribution in [-0.4, -0.2) is 103 Å². The summed E-state index contributed by atoms with van der Waals surface area (Å²) >= 11 is 0. The Hall–Kier alpha value is -2.33. The van der Waals surface area contributed by atoms with Crippen LogP contribution in [0.5, 0.6) is 0 Å². The maximum atomic E-state index is 13.4. The second-order valence-electron chi connectivity index (χ2n) is 10.6. The standard InChI is InChI=1S/C27H39N3O6/c1-17(2)14-21(27(34)30-15-22(31)25-24(30)23(32)16-36-25)28-26(33)20-6-4-18(5-7-20)19-8-10-29(11-9-19)12-13-35-3/h4-7,17,19,21-22,24-25,31H,8-16H2,1-3H3,(H,28,33)/t21?,22-,24-,25-/m1/s1. The van der Waals surface area contributed by atoms with Crippen LogP contribution in [0.25, 0.3) is 0 Å². The Balaban J connectivity index is 1.38. The zero-order valence-corrected chi connectivity index (χ0v) is 21.5. The van der Waals surface area contributed by atoms with E-state index in [0.717, 1.165) is 39.1 Å². The Kier molecular flexibility index (Phi) is 8.77. The smallest absolute Gasteiger partial charge is 0.251 e. The van der Waals surface area contributed by atoms with Gasteiger partial charge in [-0.05, 0) is 61.9 Å². The number of likely N-dealkylation sites (tertiary alicyclic amines) is 2. The average molecular weight is 502 g/mol. The van der Waals surface area contributed by atoms with Crippen molar-refractivity contribution >= 4 is 17.6 Å². The molecule has 0 radical (unpaired) electrons.